The van der Waals surface area contributed by atoms with Crippen molar-refractivity contribution in [3.05, 3.63) is 34.3 Å². The summed E-state index contributed by atoms with van der Waals surface area (Å²) >= 11 is 3.45. The van der Waals surface area contributed by atoms with Gasteiger partial charge in [0.1, 0.15) is 0 Å². The van der Waals surface area contributed by atoms with Gasteiger partial charge in [-0.05, 0) is 51.7 Å². The van der Waals surface area contributed by atoms with Gasteiger partial charge in [0.2, 0.25) is 0 Å². The van der Waals surface area contributed by atoms with Crippen LogP contribution in [0.25, 0.3) is 0 Å². The van der Waals surface area contributed by atoms with Crippen LogP contribution in [0.5, 0.6) is 0 Å². The summed E-state index contributed by atoms with van der Waals surface area (Å²) in [5, 5.41) is 12.7. The average molecular weight is 315 g/mol. The van der Waals surface area contributed by atoms with Crippen molar-refractivity contribution in [2.24, 2.45) is 0 Å². The zero-order chi connectivity index (χ0) is 13.5. The highest BCUT2D eigenvalue weighted by Crippen LogP contribution is 2.19. The third-order valence-corrected chi connectivity index (χ3v) is 3.52. The molecule has 0 amide bonds. The lowest BCUT2D eigenvalue weighted by atomic mass is 10.0. The van der Waals surface area contributed by atoms with E-state index in [4.69, 9.17) is 0 Å². The van der Waals surface area contributed by atoms with E-state index in [9.17, 15) is 5.11 Å². The lowest BCUT2D eigenvalue weighted by molar-refractivity contribution is 0.139. The minimum atomic E-state index is -0.268. The molecule has 2 N–H and O–H groups in total. The van der Waals surface area contributed by atoms with E-state index in [1.54, 1.807) is 0 Å². The summed E-state index contributed by atoms with van der Waals surface area (Å²) in [6.07, 6.45) is 0.761. The molecule has 4 heteroatoms. The SMILES string of the molecule is CNC(CCN(C)CC(C)O)c1ccc(Br)cc1. The monoisotopic (exact) mass is 314 g/mol. The number of hydrogen-bond acceptors (Lipinski definition) is 3. The number of nitrogens with zero attached hydrogens (tertiary/aromatic N) is 1. The largest absolute Gasteiger partial charge is 0.392 e. The number of hydrogen-bond donors (Lipinski definition) is 2. The molecule has 0 saturated carbocycles. The third kappa shape index (κ3) is 5.48. The number of rotatable bonds is 7. The molecular weight excluding hydrogens is 292 g/mol. The molecule has 0 saturated heterocycles. The molecule has 0 radical (unpaired) electrons. The van der Waals surface area contributed by atoms with Crippen LogP contribution in [0.1, 0.15) is 24.9 Å². The van der Waals surface area contributed by atoms with Crippen LogP contribution in [0.3, 0.4) is 0 Å². The van der Waals surface area contributed by atoms with Crippen LogP contribution in [0, 0.1) is 0 Å². The van der Waals surface area contributed by atoms with E-state index < -0.39 is 0 Å². The average Bonchev–Trinajstić information content (AvgIpc) is 2.31. The van der Waals surface area contributed by atoms with Crippen LogP contribution < -0.4 is 5.32 Å². The second-order valence-corrected chi connectivity index (χ2v) is 5.71. The maximum Gasteiger partial charge on any atom is 0.0638 e. The highest BCUT2D eigenvalue weighted by atomic mass is 79.9. The Bertz CT molecular complexity index is 340. The summed E-state index contributed by atoms with van der Waals surface area (Å²) in [5.41, 5.74) is 1.30. The lowest BCUT2D eigenvalue weighted by Gasteiger charge is -2.22. The molecule has 0 aliphatic rings. The summed E-state index contributed by atoms with van der Waals surface area (Å²) < 4.78 is 1.10. The van der Waals surface area contributed by atoms with Crippen LogP contribution in [-0.4, -0.2) is 43.3 Å². The van der Waals surface area contributed by atoms with Crippen molar-refractivity contribution in [3.8, 4) is 0 Å². The van der Waals surface area contributed by atoms with E-state index in [1.165, 1.54) is 5.56 Å². The molecule has 1 aromatic rings. The summed E-state index contributed by atoms with van der Waals surface area (Å²) in [7, 11) is 4.03. The van der Waals surface area contributed by atoms with Gasteiger partial charge in [-0.2, -0.15) is 0 Å². The first-order chi connectivity index (χ1) is 8.52. The van der Waals surface area contributed by atoms with E-state index in [0.717, 1.165) is 24.0 Å². The van der Waals surface area contributed by atoms with Gasteiger partial charge in [0.25, 0.3) is 0 Å². The third-order valence-electron chi connectivity index (χ3n) is 3.00. The van der Waals surface area contributed by atoms with Crippen molar-refractivity contribution in [2.75, 3.05) is 27.2 Å². The Morgan fingerprint density at radius 3 is 2.44 bits per heavy atom. The first-order valence-corrected chi connectivity index (χ1v) is 7.11. The van der Waals surface area contributed by atoms with Crippen molar-refractivity contribution in [1.29, 1.82) is 0 Å². The lowest BCUT2D eigenvalue weighted by Crippen LogP contribution is -2.30. The molecule has 0 fully saturated rings. The molecule has 0 spiro atoms. The summed E-state index contributed by atoms with van der Waals surface area (Å²) in [6.45, 7) is 3.50. The number of aliphatic hydroxyl groups excluding tert-OH is 1. The minimum Gasteiger partial charge on any atom is -0.392 e. The van der Waals surface area contributed by atoms with Crippen LogP contribution in [0.15, 0.2) is 28.7 Å². The Morgan fingerprint density at radius 1 is 1.33 bits per heavy atom. The van der Waals surface area contributed by atoms with E-state index in [1.807, 2.05) is 21.0 Å². The zero-order valence-corrected chi connectivity index (χ0v) is 12.9. The molecule has 3 nitrogen and oxygen atoms in total. The van der Waals surface area contributed by atoms with Gasteiger partial charge < -0.3 is 15.3 Å². The summed E-state index contributed by atoms with van der Waals surface area (Å²) in [4.78, 5) is 2.16. The predicted molar refractivity (Wildman–Crippen MR) is 79.7 cm³/mol. The fourth-order valence-corrected chi connectivity index (χ4v) is 2.33. The van der Waals surface area contributed by atoms with E-state index in [-0.39, 0.29) is 6.10 Å². The summed E-state index contributed by atoms with van der Waals surface area (Å²) in [5.74, 6) is 0. The van der Waals surface area contributed by atoms with E-state index in [0.29, 0.717) is 6.04 Å². The molecule has 2 atom stereocenters. The van der Waals surface area contributed by atoms with Gasteiger partial charge in [-0.25, -0.2) is 0 Å². The number of aliphatic hydroxyl groups is 1. The molecule has 0 aliphatic carbocycles. The van der Waals surface area contributed by atoms with E-state index >= 15 is 0 Å². The highest BCUT2D eigenvalue weighted by molar-refractivity contribution is 9.10. The Morgan fingerprint density at radius 2 is 1.94 bits per heavy atom. The number of likely N-dealkylation sites (N-methyl/N-ethyl adjacent to an activating group) is 1. The Labute approximate surface area is 118 Å². The maximum absolute atomic E-state index is 9.33. The molecule has 18 heavy (non-hydrogen) atoms. The van der Waals surface area contributed by atoms with Crippen molar-refractivity contribution < 1.29 is 5.11 Å². The van der Waals surface area contributed by atoms with Gasteiger partial charge in [-0.3, -0.25) is 0 Å². The second kappa shape index (κ2) is 7.89. The van der Waals surface area contributed by atoms with Crippen molar-refractivity contribution >= 4 is 15.9 Å². The Kier molecular flexibility index (Phi) is 6.86. The first-order valence-electron chi connectivity index (χ1n) is 6.32. The van der Waals surface area contributed by atoms with Gasteiger partial charge >= 0.3 is 0 Å². The smallest absolute Gasteiger partial charge is 0.0638 e. The minimum absolute atomic E-state index is 0.268. The first kappa shape index (κ1) is 15.6. The molecular formula is C14H23BrN2O. The van der Waals surface area contributed by atoms with Crippen LogP contribution in [0.4, 0.5) is 0 Å². The van der Waals surface area contributed by atoms with Crippen molar-refractivity contribution in [2.45, 2.75) is 25.5 Å². The van der Waals surface area contributed by atoms with Crippen molar-refractivity contribution in [3.63, 3.8) is 0 Å². The normalized spacial score (nSPS) is 14.8. The predicted octanol–water partition coefficient (Wildman–Crippen LogP) is 2.41. The fraction of sp³-hybridized carbons (Fsp3) is 0.571. The molecule has 0 aromatic heterocycles. The van der Waals surface area contributed by atoms with Crippen LogP contribution >= 0.6 is 15.9 Å². The fourth-order valence-electron chi connectivity index (χ4n) is 2.06. The number of halogens is 1. The quantitative estimate of drug-likeness (QED) is 0.811. The molecule has 102 valence electrons. The van der Waals surface area contributed by atoms with Crippen LogP contribution in [-0.2, 0) is 0 Å². The van der Waals surface area contributed by atoms with Gasteiger partial charge in [0.15, 0.2) is 0 Å². The summed E-state index contributed by atoms with van der Waals surface area (Å²) in [6, 6.07) is 8.77. The van der Waals surface area contributed by atoms with Gasteiger partial charge in [-0.1, -0.05) is 28.1 Å². The molecule has 0 heterocycles. The molecule has 0 bridgehead atoms. The maximum atomic E-state index is 9.33. The van der Waals surface area contributed by atoms with Crippen LogP contribution in [0.2, 0.25) is 0 Å². The zero-order valence-electron chi connectivity index (χ0n) is 11.4. The Balaban J connectivity index is 2.49. The van der Waals surface area contributed by atoms with Crippen molar-refractivity contribution in [1.82, 2.24) is 10.2 Å². The van der Waals surface area contributed by atoms with Gasteiger partial charge in [-0.15, -0.1) is 0 Å². The van der Waals surface area contributed by atoms with Gasteiger partial charge in [0, 0.05) is 17.1 Å². The second-order valence-electron chi connectivity index (χ2n) is 4.79. The Hall–Kier alpha value is -0.420. The topological polar surface area (TPSA) is 35.5 Å². The van der Waals surface area contributed by atoms with Gasteiger partial charge in [0.05, 0.1) is 6.10 Å². The molecule has 2 unspecified atom stereocenters. The van der Waals surface area contributed by atoms with E-state index in [2.05, 4.69) is 50.4 Å². The highest BCUT2D eigenvalue weighted by Gasteiger charge is 2.11. The molecule has 1 rings (SSSR count). The number of nitrogens with one attached hydrogen (secondary N) is 1. The standard InChI is InChI=1S/C14H23BrN2O/c1-11(18)10-17(3)9-8-14(16-2)12-4-6-13(15)7-5-12/h4-7,11,14,16,18H,8-10H2,1-3H3. The number of benzene rings is 1. The molecule has 0 aliphatic heterocycles. The molecule has 1 aromatic carbocycles.